The maximum absolute atomic E-state index is 11.4. The maximum Gasteiger partial charge on any atom is 0.303 e. The molecule has 6 nitrogen and oxygen atoms in total. The van der Waals surface area contributed by atoms with Gasteiger partial charge in [0.15, 0.2) is 6.10 Å². The Balaban J connectivity index is 2.55. The fourth-order valence-corrected chi connectivity index (χ4v) is 2.16. The van der Waals surface area contributed by atoms with Crippen LogP contribution in [0.15, 0.2) is 48.5 Å². The van der Waals surface area contributed by atoms with Gasteiger partial charge in [-0.3, -0.25) is 14.9 Å². The van der Waals surface area contributed by atoms with Crippen LogP contribution in [0.25, 0.3) is 0 Å². The van der Waals surface area contributed by atoms with Gasteiger partial charge in [0, 0.05) is 18.6 Å². The number of nitrogens with zero attached hydrogens (tertiary/aromatic N) is 1. The minimum atomic E-state index is -0.866. The molecule has 0 heterocycles. The molecule has 0 spiro atoms. The molecule has 0 fully saturated rings. The summed E-state index contributed by atoms with van der Waals surface area (Å²) < 4.78 is 10.5. The highest BCUT2D eigenvalue weighted by atomic mass is 16.6. The molecule has 114 valence electrons. The predicted molar refractivity (Wildman–Crippen MR) is 79.7 cm³/mol. The van der Waals surface area contributed by atoms with Gasteiger partial charge in [0.05, 0.1) is 17.6 Å². The van der Waals surface area contributed by atoms with Crippen molar-refractivity contribution in [3.63, 3.8) is 0 Å². The van der Waals surface area contributed by atoms with Crippen molar-refractivity contribution in [1.82, 2.24) is 0 Å². The van der Waals surface area contributed by atoms with E-state index in [4.69, 9.17) is 9.47 Å². The van der Waals surface area contributed by atoms with Crippen LogP contribution in [0.1, 0.15) is 24.2 Å². The number of esters is 1. The fraction of sp³-hybridized carbons (Fsp3) is 0.188. The van der Waals surface area contributed by atoms with Crippen molar-refractivity contribution in [1.29, 1.82) is 0 Å². The molecule has 1 atom stereocenters. The number of carbonyl (C=O) groups is 1. The molecule has 6 heteroatoms. The monoisotopic (exact) mass is 301 g/mol. The summed E-state index contributed by atoms with van der Waals surface area (Å²) in [6.07, 6.45) is -0.866. The Morgan fingerprint density at radius 1 is 1.18 bits per heavy atom. The zero-order valence-corrected chi connectivity index (χ0v) is 12.2. The Morgan fingerprint density at radius 2 is 1.91 bits per heavy atom. The Kier molecular flexibility index (Phi) is 4.73. The van der Waals surface area contributed by atoms with Crippen LogP contribution in [0.3, 0.4) is 0 Å². The summed E-state index contributed by atoms with van der Waals surface area (Å²) in [7, 11) is 1.52. The summed E-state index contributed by atoms with van der Waals surface area (Å²) in [5.41, 5.74) is 0.816. The van der Waals surface area contributed by atoms with E-state index in [1.54, 1.807) is 42.5 Å². The zero-order chi connectivity index (χ0) is 16.1. The Morgan fingerprint density at radius 3 is 2.55 bits per heavy atom. The van der Waals surface area contributed by atoms with E-state index in [0.29, 0.717) is 16.9 Å². The third kappa shape index (κ3) is 3.41. The molecule has 0 bridgehead atoms. The lowest BCUT2D eigenvalue weighted by molar-refractivity contribution is -0.386. The van der Waals surface area contributed by atoms with Crippen molar-refractivity contribution >= 4 is 11.7 Å². The zero-order valence-electron chi connectivity index (χ0n) is 12.2. The number of carbonyl (C=O) groups excluding carboxylic acids is 1. The molecule has 0 saturated heterocycles. The summed E-state index contributed by atoms with van der Waals surface area (Å²) in [6.45, 7) is 1.27. The fourth-order valence-electron chi connectivity index (χ4n) is 2.16. The summed E-state index contributed by atoms with van der Waals surface area (Å²) in [5.74, 6) is 0.0548. The van der Waals surface area contributed by atoms with E-state index in [0.717, 1.165) is 0 Å². The minimum Gasteiger partial charge on any atom is -0.497 e. The van der Waals surface area contributed by atoms with Crippen molar-refractivity contribution in [2.24, 2.45) is 0 Å². The second kappa shape index (κ2) is 6.71. The number of hydrogen-bond acceptors (Lipinski definition) is 5. The van der Waals surface area contributed by atoms with Crippen LogP contribution in [0, 0.1) is 10.1 Å². The smallest absolute Gasteiger partial charge is 0.303 e. The van der Waals surface area contributed by atoms with Gasteiger partial charge in [-0.1, -0.05) is 24.3 Å². The molecule has 0 aliphatic carbocycles. The third-order valence-corrected chi connectivity index (χ3v) is 3.10. The van der Waals surface area contributed by atoms with Gasteiger partial charge in [-0.15, -0.1) is 0 Å². The lowest BCUT2D eigenvalue weighted by Gasteiger charge is -2.18. The number of hydrogen-bond donors (Lipinski definition) is 0. The number of nitro groups is 1. The van der Waals surface area contributed by atoms with Gasteiger partial charge in [-0.25, -0.2) is 0 Å². The van der Waals surface area contributed by atoms with Gasteiger partial charge in [0.1, 0.15) is 5.75 Å². The molecular weight excluding hydrogens is 286 g/mol. The molecule has 2 rings (SSSR count). The van der Waals surface area contributed by atoms with Gasteiger partial charge in [0.2, 0.25) is 0 Å². The SMILES string of the molecule is COc1cccc(C(OC(C)=O)c2ccccc2[N+](=O)[O-])c1. The summed E-state index contributed by atoms with van der Waals surface area (Å²) >= 11 is 0. The molecule has 22 heavy (non-hydrogen) atoms. The molecule has 2 aromatic carbocycles. The van der Waals surface area contributed by atoms with E-state index in [9.17, 15) is 14.9 Å². The molecule has 0 aromatic heterocycles. The Labute approximate surface area is 127 Å². The molecule has 0 aliphatic heterocycles. The van der Waals surface area contributed by atoms with E-state index < -0.39 is 17.0 Å². The first-order valence-electron chi connectivity index (χ1n) is 6.57. The lowest BCUT2D eigenvalue weighted by Crippen LogP contribution is -2.12. The highest BCUT2D eigenvalue weighted by Crippen LogP contribution is 2.34. The summed E-state index contributed by atoms with van der Waals surface area (Å²) in [6, 6.07) is 13.1. The topological polar surface area (TPSA) is 78.7 Å². The predicted octanol–water partition coefficient (Wildman–Crippen LogP) is 3.26. The van der Waals surface area contributed by atoms with Crippen LogP contribution in [0.2, 0.25) is 0 Å². The highest BCUT2D eigenvalue weighted by molar-refractivity contribution is 5.67. The first-order valence-corrected chi connectivity index (χ1v) is 6.57. The van der Waals surface area contributed by atoms with Crippen LogP contribution >= 0.6 is 0 Å². The van der Waals surface area contributed by atoms with Crippen LogP contribution < -0.4 is 4.74 Å². The van der Waals surface area contributed by atoms with E-state index in [1.807, 2.05) is 0 Å². The van der Waals surface area contributed by atoms with Crippen molar-refractivity contribution in [3.05, 3.63) is 69.8 Å². The molecule has 0 amide bonds. The molecule has 0 aliphatic rings. The van der Waals surface area contributed by atoms with E-state index in [-0.39, 0.29) is 5.69 Å². The Hall–Kier alpha value is -2.89. The van der Waals surface area contributed by atoms with Crippen LogP contribution in [0.5, 0.6) is 5.75 Å². The second-order valence-corrected chi connectivity index (χ2v) is 4.58. The minimum absolute atomic E-state index is 0.100. The third-order valence-electron chi connectivity index (χ3n) is 3.10. The van der Waals surface area contributed by atoms with Gasteiger partial charge in [-0.05, 0) is 18.2 Å². The molecule has 1 unspecified atom stereocenters. The van der Waals surface area contributed by atoms with Crippen molar-refractivity contribution < 1.29 is 19.2 Å². The van der Waals surface area contributed by atoms with Crippen molar-refractivity contribution in [2.75, 3.05) is 7.11 Å². The average Bonchev–Trinajstić information content (AvgIpc) is 2.52. The molecular formula is C16H15NO5. The quantitative estimate of drug-likeness (QED) is 0.481. The lowest BCUT2D eigenvalue weighted by atomic mass is 9.99. The van der Waals surface area contributed by atoms with Gasteiger partial charge in [0.25, 0.3) is 5.69 Å². The maximum atomic E-state index is 11.4. The Bertz CT molecular complexity index is 698. The first kappa shape index (κ1) is 15.5. The van der Waals surface area contributed by atoms with Crippen molar-refractivity contribution in [3.8, 4) is 5.75 Å². The number of nitro benzene ring substituents is 1. The highest BCUT2D eigenvalue weighted by Gasteiger charge is 2.26. The number of ether oxygens (including phenoxy) is 2. The first-order chi connectivity index (χ1) is 10.5. The van der Waals surface area contributed by atoms with Crippen LogP contribution in [-0.4, -0.2) is 18.0 Å². The number of methoxy groups -OCH3 is 1. The number of benzene rings is 2. The van der Waals surface area contributed by atoms with Gasteiger partial charge < -0.3 is 9.47 Å². The molecule has 0 saturated carbocycles. The number of rotatable bonds is 5. The van der Waals surface area contributed by atoms with E-state index >= 15 is 0 Å². The summed E-state index contributed by atoms with van der Waals surface area (Å²) in [5, 5.41) is 11.2. The van der Waals surface area contributed by atoms with E-state index in [2.05, 4.69) is 0 Å². The van der Waals surface area contributed by atoms with Gasteiger partial charge >= 0.3 is 5.97 Å². The standard InChI is InChI=1S/C16H15NO5/c1-11(18)22-16(12-6-5-7-13(10-12)21-2)14-8-3-4-9-15(14)17(19)20/h3-10,16H,1-2H3. The van der Waals surface area contributed by atoms with Crippen LogP contribution in [-0.2, 0) is 9.53 Å². The van der Waals surface area contributed by atoms with Gasteiger partial charge in [-0.2, -0.15) is 0 Å². The average molecular weight is 301 g/mol. The molecule has 2 aromatic rings. The molecule has 0 N–H and O–H groups in total. The van der Waals surface area contributed by atoms with Crippen LogP contribution in [0.4, 0.5) is 5.69 Å². The normalized spacial score (nSPS) is 11.5. The van der Waals surface area contributed by atoms with E-state index in [1.165, 1.54) is 20.1 Å². The largest absolute Gasteiger partial charge is 0.497 e. The second-order valence-electron chi connectivity index (χ2n) is 4.58. The van der Waals surface area contributed by atoms with Crippen molar-refractivity contribution in [2.45, 2.75) is 13.0 Å². The molecule has 0 radical (unpaired) electrons. The number of para-hydroxylation sites is 1. The summed E-state index contributed by atoms with van der Waals surface area (Å²) in [4.78, 5) is 22.1.